The number of aliphatic carboxylic acids is 1. The summed E-state index contributed by atoms with van der Waals surface area (Å²) in [7, 11) is 0. The van der Waals surface area contributed by atoms with Crippen LogP contribution in [-0.2, 0) is 16.0 Å². The second-order valence-electron chi connectivity index (χ2n) is 7.82. The normalized spacial score (nSPS) is 13.2. The lowest BCUT2D eigenvalue weighted by Crippen LogP contribution is -2.35. The van der Waals surface area contributed by atoms with Crippen LogP contribution in [-0.4, -0.2) is 30.3 Å². The summed E-state index contributed by atoms with van der Waals surface area (Å²) in [5.41, 5.74) is 4.19. The van der Waals surface area contributed by atoms with E-state index < -0.39 is 35.4 Å². The molecule has 0 aromatic heterocycles. The number of rotatable bonds is 7. The molecule has 0 radical (unpaired) electrons. The summed E-state index contributed by atoms with van der Waals surface area (Å²) >= 11 is 0. The summed E-state index contributed by atoms with van der Waals surface area (Å²) in [5.74, 6) is -7.04. The van der Waals surface area contributed by atoms with Crippen LogP contribution in [0.5, 0.6) is 0 Å². The molecule has 1 amide bonds. The van der Waals surface area contributed by atoms with Crippen molar-refractivity contribution in [1.82, 2.24) is 5.32 Å². The van der Waals surface area contributed by atoms with Crippen molar-refractivity contribution in [2.24, 2.45) is 5.92 Å². The van der Waals surface area contributed by atoms with Crippen molar-refractivity contribution in [3.05, 3.63) is 94.8 Å². The first-order valence-corrected chi connectivity index (χ1v) is 10.3. The Balaban J connectivity index is 1.37. The molecule has 0 saturated carbocycles. The van der Waals surface area contributed by atoms with Gasteiger partial charge in [0.2, 0.25) is 0 Å². The van der Waals surface area contributed by atoms with Gasteiger partial charge >= 0.3 is 12.1 Å². The smallest absolute Gasteiger partial charge is 0.407 e. The lowest BCUT2D eigenvalue weighted by atomic mass is 9.98. The van der Waals surface area contributed by atoms with Crippen molar-refractivity contribution in [1.29, 1.82) is 0 Å². The van der Waals surface area contributed by atoms with Crippen molar-refractivity contribution in [2.75, 3.05) is 13.2 Å². The number of amides is 1. The average molecular weight is 455 g/mol. The first-order chi connectivity index (χ1) is 15.8. The predicted molar refractivity (Wildman–Crippen MR) is 114 cm³/mol. The first-order valence-electron chi connectivity index (χ1n) is 10.3. The summed E-state index contributed by atoms with van der Waals surface area (Å²) in [4.78, 5) is 23.8. The van der Waals surface area contributed by atoms with Gasteiger partial charge in [-0.25, -0.2) is 18.0 Å². The fourth-order valence-corrected chi connectivity index (χ4v) is 4.11. The molecule has 0 saturated heterocycles. The van der Waals surface area contributed by atoms with Crippen LogP contribution in [0.25, 0.3) is 11.1 Å². The molecule has 0 bridgehead atoms. The van der Waals surface area contributed by atoms with Crippen LogP contribution >= 0.6 is 0 Å². The third-order valence-electron chi connectivity index (χ3n) is 5.71. The summed E-state index contributed by atoms with van der Waals surface area (Å²) < 4.78 is 45.3. The third kappa shape index (κ3) is 4.69. The topological polar surface area (TPSA) is 75.6 Å². The summed E-state index contributed by atoms with van der Waals surface area (Å²) in [6, 6.07) is 17.1. The molecule has 0 aliphatic heterocycles. The highest BCUT2D eigenvalue weighted by atomic mass is 19.2. The van der Waals surface area contributed by atoms with Crippen molar-refractivity contribution in [2.45, 2.75) is 12.3 Å². The Hall–Kier alpha value is -3.81. The van der Waals surface area contributed by atoms with Gasteiger partial charge in [0.1, 0.15) is 6.61 Å². The average Bonchev–Trinajstić information content (AvgIpc) is 3.12. The van der Waals surface area contributed by atoms with E-state index in [1.807, 2.05) is 48.5 Å². The maximum atomic E-state index is 13.4. The van der Waals surface area contributed by atoms with Crippen molar-refractivity contribution in [3.8, 4) is 11.1 Å². The molecule has 5 nitrogen and oxygen atoms in total. The number of carboxylic acids is 1. The zero-order valence-corrected chi connectivity index (χ0v) is 17.4. The fourth-order valence-electron chi connectivity index (χ4n) is 4.11. The fraction of sp³-hybridized carbons (Fsp3) is 0.200. The summed E-state index contributed by atoms with van der Waals surface area (Å²) in [5, 5.41) is 11.8. The monoisotopic (exact) mass is 455 g/mol. The molecular weight excluding hydrogens is 435 g/mol. The molecule has 0 spiro atoms. The molecule has 0 heterocycles. The molecule has 3 aromatic carbocycles. The van der Waals surface area contributed by atoms with Crippen LogP contribution in [0.4, 0.5) is 18.0 Å². The van der Waals surface area contributed by atoms with Gasteiger partial charge in [0.25, 0.3) is 0 Å². The Morgan fingerprint density at radius 3 is 2.03 bits per heavy atom. The van der Waals surface area contributed by atoms with E-state index in [1.165, 1.54) is 0 Å². The molecule has 1 atom stereocenters. The van der Waals surface area contributed by atoms with Gasteiger partial charge in [0.15, 0.2) is 17.5 Å². The van der Waals surface area contributed by atoms with Crippen LogP contribution in [0, 0.1) is 23.4 Å². The Bertz CT molecular complexity index is 1150. The Morgan fingerprint density at radius 2 is 1.48 bits per heavy atom. The number of ether oxygens (including phenoxy) is 1. The quantitative estimate of drug-likeness (QED) is 0.498. The van der Waals surface area contributed by atoms with Crippen molar-refractivity contribution < 1.29 is 32.6 Å². The lowest BCUT2D eigenvalue weighted by molar-refractivity contribution is -0.141. The van der Waals surface area contributed by atoms with Crippen LogP contribution in [0.1, 0.15) is 22.6 Å². The van der Waals surface area contributed by atoms with Gasteiger partial charge in [0.05, 0.1) is 5.92 Å². The van der Waals surface area contributed by atoms with Gasteiger partial charge < -0.3 is 15.2 Å². The number of carbonyl (C=O) groups excluding carboxylic acids is 1. The third-order valence-corrected chi connectivity index (χ3v) is 5.71. The number of benzene rings is 3. The summed E-state index contributed by atoms with van der Waals surface area (Å²) in [6.07, 6.45) is -1.10. The van der Waals surface area contributed by atoms with Crippen LogP contribution in [0.15, 0.2) is 60.7 Å². The highest BCUT2D eigenvalue weighted by Gasteiger charge is 2.29. The molecule has 0 fully saturated rings. The van der Waals surface area contributed by atoms with Gasteiger partial charge in [-0.15, -0.1) is 0 Å². The number of halogens is 3. The standard InChI is InChI=1S/C25H20F3NO4/c26-21-10-14(11-22(27)23(21)28)9-15(24(30)31)12-29-25(32)33-13-20-18-7-3-1-5-16(18)17-6-2-4-8-19(17)20/h1-8,10-11,15,20H,9,12-13H2,(H,29,32)(H,30,31). The van der Waals surface area contributed by atoms with E-state index in [0.29, 0.717) is 0 Å². The highest BCUT2D eigenvalue weighted by molar-refractivity contribution is 5.79. The van der Waals surface area contributed by atoms with Crippen LogP contribution in [0.2, 0.25) is 0 Å². The van der Waals surface area contributed by atoms with E-state index in [-0.39, 0.29) is 31.1 Å². The lowest BCUT2D eigenvalue weighted by Gasteiger charge is -2.16. The number of nitrogens with one attached hydrogen (secondary N) is 1. The molecule has 4 rings (SSSR count). The minimum absolute atomic E-state index is 0.0341. The minimum atomic E-state index is -1.62. The second-order valence-corrected chi connectivity index (χ2v) is 7.82. The molecule has 1 unspecified atom stereocenters. The van der Waals surface area contributed by atoms with Gasteiger partial charge in [-0.05, 0) is 46.4 Å². The number of hydrogen-bond acceptors (Lipinski definition) is 3. The molecule has 170 valence electrons. The molecule has 8 heteroatoms. The van der Waals surface area contributed by atoms with E-state index >= 15 is 0 Å². The highest BCUT2D eigenvalue weighted by Crippen LogP contribution is 2.44. The number of hydrogen-bond donors (Lipinski definition) is 2. The molecule has 3 aromatic rings. The Labute approximate surface area is 187 Å². The Morgan fingerprint density at radius 1 is 0.939 bits per heavy atom. The van der Waals surface area contributed by atoms with E-state index in [0.717, 1.165) is 34.4 Å². The second kappa shape index (κ2) is 9.36. The van der Waals surface area contributed by atoms with Gasteiger partial charge in [-0.1, -0.05) is 48.5 Å². The van der Waals surface area contributed by atoms with E-state index in [2.05, 4.69) is 5.32 Å². The summed E-state index contributed by atoms with van der Waals surface area (Å²) in [6.45, 7) is -0.265. The molecule has 33 heavy (non-hydrogen) atoms. The van der Waals surface area contributed by atoms with Crippen LogP contribution < -0.4 is 5.32 Å². The number of carboxylic acid groups (broad SMARTS) is 1. The molecule has 2 N–H and O–H groups in total. The van der Waals surface area contributed by atoms with E-state index in [4.69, 9.17) is 4.74 Å². The predicted octanol–water partition coefficient (Wildman–Crippen LogP) is 4.89. The van der Waals surface area contributed by atoms with E-state index in [1.54, 1.807) is 0 Å². The maximum Gasteiger partial charge on any atom is 0.407 e. The Kier molecular flexibility index (Phi) is 6.35. The molecule has 1 aliphatic rings. The SMILES string of the molecule is O=C(NCC(Cc1cc(F)c(F)c(F)c1)C(=O)O)OCC1c2ccccc2-c2ccccc21. The van der Waals surface area contributed by atoms with Gasteiger partial charge in [-0.3, -0.25) is 4.79 Å². The number of carbonyl (C=O) groups is 2. The van der Waals surface area contributed by atoms with Gasteiger partial charge in [-0.2, -0.15) is 0 Å². The zero-order chi connectivity index (χ0) is 23.5. The maximum absolute atomic E-state index is 13.4. The zero-order valence-electron chi connectivity index (χ0n) is 17.4. The van der Waals surface area contributed by atoms with E-state index in [9.17, 15) is 27.9 Å². The molecular formula is C25H20F3NO4. The van der Waals surface area contributed by atoms with Crippen LogP contribution in [0.3, 0.4) is 0 Å². The van der Waals surface area contributed by atoms with Crippen molar-refractivity contribution in [3.63, 3.8) is 0 Å². The minimum Gasteiger partial charge on any atom is -0.481 e. The largest absolute Gasteiger partial charge is 0.481 e. The van der Waals surface area contributed by atoms with Crippen molar-refractivity contribution >= 4 is 12.1 Å². The molecule has 1 aliphatic carbocycles. The first kappa shape index (κ1) is 22.4. The number of fused-ring (bicyclic) bond motifs is 3. The number of alkyl carbamates (subject to hydrolysis) is 1. The van der Waals surface area contributed by atoms with Gasteiger partial charge in [0, 0.05) is 12.5 Å².